The van der Waals surface area contributed by atoms with Crippen molar-refractivity contribution >= 4 is 5.91 Å². The van der Waals surface area contributed by atoms with Crippen LogP contribution in [0.1, 0.15) is 40.5 Å². The van der Waals surface area contributed by atoms with E-state index in [2.05, 4.69) is 33.8 Å². The Morgan fingerprint density at radius 1 is 1.64 bits per heavy atom. The van der Waals surface area contributed by atoms with E-state index < -0.39 is 0 Å². The van der Waals surface area contributed by atoms with E-state index in [9.17, 15) is 4.79 Å². The molecule has 2 unspecified atom stereocenters. The second-order valence-electron chi connectivity index (χ2n) is 4.51. The van der Waals surface area contributed by atoms with Crippen LogP contribution < -0.4 is 0 Å². The highest BCUT2D eigenvalue weighted by Crippen LogP contribution is 2.23. The fourth-order valence-electron chi connectivity index (χ4n) is 1.99. The zero-order valence-corrected chi connectivity index (χ0v) is 9.71. The Balaban J connectivity index is 2.60. The summed E-state index contributed by atoms with van der Waals surface area (Å²) >= 11 is 0. The van der Waals surface area contributed by atoms with Crippen molar-refractivity contribution in [2.75, 3.05) is 6.54 Å². The molecule has 0 aromatic rings. The minimum atomic E-state index is 0.321. The topological polar surface area (TPSA) is 20.3 Å². The number of carbonyl (C=O) groups is 1. The van der Waals surface area contributed by atoms with Crippen LogP contribution in [0.25, 0.3) is 0 Å². The third-order valence-corrected chi connectivity index (χ3v) is 2.88. The van der Waals surface area contributed by atoms with Crippen molar-refractivity contribution in [2.24, 2.45) is 5.92 Å². The Morgan fingerprint density at radius 3 is 2.79 bits per heavy atom. The number of hydrogen-bond donors (Lipinski definition) is 0. The molecule has 0 saturated carbocycles. The molecule has 1 heterocycles. The van der Waals surface area contributed by atoms with E-state index in [4.69, 9.17) is 0 Å². The smallest absolute Gasteiger partial charge is 0.223 e. The molecule has 0 bridgehead atoms. The summed E-state index contributed by atoms with van der Waals surface area (Å²) in [5.74, 6) is 0.767. The number of nitrogens with zero attached hydrogens (tertiary/aromatic N) is 1. The third-order valence-electron chi connectivity index (χ3n) is 2.88. The summed E-state index contributed by atoms with van der Waals surface area (Å²) in [7, 11) is 0. The first-order valence-corrected chi connectivity index (χ1v) is 5.49. The molecule has 1 amide bonds. The lowest BCUT2D eigenvalue weighted by Gasteiger charge is -2.23. The van der Waals surface area contributed by atoms with Crippen LogP contribution in [0.5, 0.6) is 0 Å². The van der Waals surface area contributed by atoms with Crippen LogP contribution in [-0.2, 0) is 4.79 Å². The number of hydrogen-bond acceptors (Lipinski definition) is 1. The lowest BCUT2D eigenvalue weighted by molar-refractivity contribution is -0.129. The van der Waals surface area contributed by atoms with Crippen molar-refractivity contribution in [1.82, 2.24) is 4.90 Å². The number of rotatable bonds is 3. The number of allylic oxidation sites excluding steroid dienone is 1. The van der Waals surface area contributed by atoms with Gasteiger partial charge >= 0.3 is 0 Å². The van der Waals surface area contributed by atoms with Crippen molar-refractivity contribution in [2.45, 2.75) is 46.6 Å². The average Bonchev–Trinajstić information content (AvgIpc) is 2.44. The summed E-state index contributed by atoms with van der Waals surface area (Å²) in [4.78, 5) is 13.7. The van der Waals surface area contributed by atoms with Crippen LogP contribution in [0, 0.1) is 5.92 Å². The van der Waals surface area contributed by atoms with Gasteiger partial charge in [-0.15, -0.1) is 0 Å². The molecule has 80 valence electrons. The Kier molecular flexibility index (Phi) is 3.73. The fraction of sp³-hybridized carbons (Fsp3) is 0.750. The first kappa shape index (κ1) is 11.3. The predicted octanol–water partition coefficient (Wildman–Crippen LogP) is 2.60. The molecule has 2 nitrogen and oxygen atoms in total. The van der Waals surface area contributed by atoms with E-state index in [0.717, 1.165) is 13.0 Å². The maximum Gasteiger partial charge on any atom is 0.223 e. The highest BCUT2D eigenvalue weighted by Gasteiger charge is 2.30. The Bertz CT molecular complexity index is 241. The molecule has 2 heteroatoms. The van der Waals surface area contributed by atoms with Crippen LogP contribution in [0.4, 0.5) is 0 Å². The van der Waals surface area contributed by atoms with Crippen molar-refractivity contribution in [3.05, 3.63) is 11.6 Å². The van der Waals surface area contributed by atoms with E-state index in [1.807, 2.05) is 4.90 Å². The Labute approximate surface area is 87.0 Å². The maximum absolute atomic E-state index is 11.7. The molecule has 0 aliphatic carbocycles. The molecule has 1 fully saturated rings. The van der Waals surface area contributed by atoms with Gasteiger partial charge in [0.2, 0.25) is 5.91 Å². The predicted molar refractivity (Wildman–Crippen MR) is 59.0 cm³/mol. The minimum Gasteiger partial charge on any atom is -0.339 e. The first-order chi connectivity index (χ1) is 6.54. The standard InChI is InChI=1S/C12H21NO/c1-5-10(4)13-8-11(6-9(2)3)7-12(13)14/h6,10-11H,5,7-8H2,1-4H3. The quantitative estimate of drug-likeness (QED) is 0.634. The van der Waals surface area contributed by atoms with Crippen molar-refractivity contribution in [3.63, 3.8) is 0 Å². The van der Waals surface area contributed by atoms with Crippen LogP contribution >= 0.6 is 0 Å². The second kappa shape index (κ2) is 4.63. The highest BCUT2D eigenvalue weighted by atomic mass is 16.2. The summed E-state index contributed by atoms with van der Waals surface area (Å²) in [6, 6.07) is 0.401. The van der Waals surface area contributed by atoms with Gasteiger partial charge in [0.15, 0.2) is 0 Å². The zero-order valence-electron chi connectivity index (χ0n) is 9.71. The normalized spacial score (nSPS) is 23.9. The molecule has 1 rings (SSSR count). The van der Waals surface area contributed by atoms with Crippen molar-refractivity contribution in [3.8, 4) is 0 Å². The lowest BCUT2D eigenvalue weighted by atomic mass is 10.1. The Morgan fingerprint density at radius 2 is 2.29 bits per heavy atom. The number of amides is 1. The second-order valence-corrected chi connectivity index (χ2v) is 4.51. The molecule has 0 aromatic carbocycles. The average molecular weight is 195 g/mol. The molecule has 0 radical (unpaired) electrons. The van der Waals surface area contributed by atoms with Gasteiger partial charge in [0.1, 0.15) is 0 Å². The van der Waals surface area contributed by atoms with E-state index in [-0.39, 0.29) is 0 Å². The molecular weight excluding hydrogens is 174 g/mol. The number of carbonyl (C=O) groups excluding carboxylic acids is 1. The van der Waals surface area contributed by atoms with Crippen LogP contribution in [0.15, 0.2) is 11.6 Å². The molecule has 1 aliphatic rings. The van der Waals surface area contributed by atoms with Crippen molar-refractivity contribution < 1.29 is 4.79 Å². The van der Waals surface area contributed by atoms with Gasteiger partial charge in [-0.3, -0.25) is 4.79 Å². The van der Waals surface area contributed by atoms with Gasteiger partial charge in [-0.05, 0) is 27.2 Å². The van der Waals surface area contributed by atoms with Crippen LogP contribution in [0.2, 0.25) is 0 Å². The van der Waals surface area contributed by atoms with Gasteiger partial charge in [-0.2, -0.15) is 0 Å². The summed E-state index contributed by atoms with van der Waals surface area (Å²) in [6.45, 7) is 9.36. The van der Waals surface area contributed by atoms with Crippen molar-refractivity contribution in [1.29, 1.82) is 0 Å². The summed E-state index contributed by atoms with van der Waals surface area (Å²) in [6.07, 6.45) is 3.98. The largest absolute Gasteiger partial charge is 0.339 e. The van der Waals surface area contributed by atoms with Gasteiger partial charge < -0.3 is 4.90 Å². The zero-order chi connectivity index (χ0) is 10.7. The summed E-state index contributed by atoms with van der Waals surface area (Å²) in [5.41, 5.74) is 1.31. The van der Waals surface area contributed by atoms with Crippen LogP contribution in [-0.4, -0.2) is 23.4 Å². The molecular formula is C12H21NO. The molecule has 0 N–H and O–H groups in total. The van der Waals surface area contributed by atoms with Gasteiger partial charge in [0.05, 0.1) is 0 Å². The first-order valence-electron chi connectivity index (χ1n) is 5.49. The highest BCUT2D eigenvalue weighted by molar-refractivity contribution is 5.79. The molecule has 1 saturated heterocycles. The molecule has 0 spiro atoms. The monoisotopic (exact) mass is 195 g/mol. The van der Waals surface area contributed by atoms with Gasteiger partial charge in [0.25, 0.3) is 0 Å². The summed E-state index contributed by atoms with van der Waals surface area (Å²) in [5, 5.41) is 0. The van der Waals surface area contributed by atoms with Crippen LogP contribution in [0.3, 0.4) is 0 Å². The molecule has 1 aliphatic heterocycles. The van der Waals surface area contributed by atoms with E-state index in [1.165, 1.54) is 5.57 Å². The van der Waals surface area contributed by atoms with E-state index in [1.54, 1.807) is 0 Å². The Hall–Kier alpha value is -0.790. The van der Waals surface area contributed by atoms with Gasteiger partial charge in [0, 0.05) is 24.9 Å². The molecule has 14 heavy (non-hydrogen) atoms. The van der Waals surface area contributed by atoms with E-state index >= 15 is 0 Å². The number of likely N-dealkylation sites (tertiary alicyclic amines) is 1. The minimum absolute atomic E-state index is 0.321. The third kappa shape index (κ3) is 2.60. The SMILES string of the molecule is CCC(C)N1CC(C=C(C)C)CC1=O. The summed E-state index contributed by atoms with van der Waals surface area (Å²) < 4.78 is 0. The molecule has 0 aromatic heterocycles. The lowest BCUT2D eigenvalue weighted by Crippen LogP contribution is -2.33. The van der Waals surface area contributed by atoms with Gasteiger partial charge in [-0.1, -0.05) is 18.6 Å². The molecule has 2 atom stereocenters. The van der Waals surface area contributed by atoms with Gasteiger partial charge in [-0.25, -0.2) is 0 Å². The fourth-order valence-corrected chi connectivity index (χ4v) is 1.99. The maximum atomic E-state index is 11.7. The van der Waals surface area contributed by atoms with E-state index in [0.29, 0.717) is 24.3 Å².